The molecule has 0 heterocycles. The smallest absolute Gasteiger partial charge is 0.122 e. The van der Waals surface area contributed by atoms with Gasteiger partial charge in [-0.1, -0.05) is 118 Å². The van der Waals surface area contributed by atoms with Crippen molar-refractivity contribution in [3.8, 4) is 17.2 Å². The topological polar surface area (TPSA) is 60.7 Å². The Hall–Kier alpha value is -2.94. The van der Waals surface area contributed by atoms with Gasteiger partial charge in [-0.2, -0.15) is 0 Å². The highest BCUT2D eigenvalue weighted by Crippen LogP contribution is 2.39. The third kappa shape index (κ3) is 8.27. The minimum atomic E-state index is -0.131. The van der Waals surface area contributed by atoms with Gasteiger partial charge in [-0.05, 0) is 81.0 Å². The molecule has 0 spiro atoms. The van der Waals surface area contributed by atoms with Gasteiger partial charge in [-0.15, -0.1) is 0 Å². The number of aromatic hydroxyl groups is 3. The Morgan fingerprint density at radius 2 is 0.923 bits per heavy atom. The maximum atomic E-state index is 11.0. The van der Waals surface area contributed by atoms with Crippen molar-refractivity contribution in [2.45, 2.75) is 119 Å². The fraction of sp³-hybridized carbons (Fsp3) is 0.500. The second kappa shape index (κ2) is 12.1. The Kier molecular flexibility index (Phi) is 9.98. The number of hydrogen-bond donors (Lipinski definition) is 3. The predicted molar refractivity (Wildman–Crippen MR) is 167 cm³/mol. The van der Waals surface area contributed by atoms with E-state index in [9.17, 15) is 15.3 Å². The largest absolute Gasteiger partial charge is 0.508 e. The molecule has 0 saturated carbocycles. The Morgan fingerprint density at radius 3 is 1.23 bits per heavy atom. The summed E-state index contributed by atoms with van der Waals surface area (Å²) in [7, 11) is 0. The van der Waals surface area contributed by atoms with Gasteiger partial charge in [0.05, 0.1) is 0 Å². The third-order valence-corrected chi connectivity index (χ3v) is 7.27. The van der Waals surface area contributed by atoms with Crippen LogP contribution in [0.25, 0.3) is 0 Å². The normalized spacial score (nSPS) is 12.2. The zero-order valence-corrected chi connectivity index (χ0v) is 26.5. The molecule has 0 aliphatic carbocycles. The minimum absolute atomic E-state index is 0.0239. The van der Waals surface area contributed by atoms with Crippen LogP contribution in [0, 0.1) is 6.92 Å². The molecule has 0 saturated heterocycles. The quantitative estimate of drug-likeness (QED) is 0.314. The lowest BCUT2D eigenvalue weighted by atomic mass is 9.81. The van der Waals surface area contributed by atoms with Gasteiger partial charge in [0.25, 0.3) is 0 Å². The molecule has 0 aliphatic heterocycles. The standard InChI is InChI=1S/C25H36O2.C11H16O/c1-9-16-11-18(22(26)20(13-16)24(3,4)5)15-19-12-17(10-2)14-21(23(19)27)25(6,7)8;1-8-5-6-10(12)9(7-8)11(2,3)4/h11-14,26-27H,9-10,15H2,1-8H3;5-7,12H,1-4H3. The summed E-state index contributed by atoms with van der Waals surface area (Å²) in [6.07, 6.45) is 2.38. The average Bonchev–Trinajstić information content (AvgIpc) is 2.81. The van der Waals surface area contributed by atoms with Crippen LogP contribution in [0.5, 0.6) is 17.2 Å². The van der Waals surface area contributed by atoms with Crippen molar-refractivity contribution in [3.05, 3.63) is 87.0 Å². The van der Waals surface area contributed by atoms with Crippen LogP contribution in [-0.4, -0.2) is 15.3 Å². The number of aryl methyl sites for hydroxylation is 3. The highest BCUT2D eigenvalue weighted by molar-refractivity contribution is 5.53. The Bertz CT molecular complexity index is 1210. The maximum absolute atomic E-state index is 11.0. The molecule has 214 valence electrons. The number of phenols is 3. The summed E-state index contributed by atoms with van der Waals surface area (Å²) in [5.74, 6) is 1.12. The highest BCUT2D eigenvalue weighted by atomic mass is 16.3. The maximum Gasteiger partial charge on any atom is 0.122 e. The molecular formula is C36H52O3. The van der Waals surface area contributed by atoms with E-state index in [4.69, 9.17) is 0 Å². The third-order valence-electron chi connectivity index (χ3n) is 7.27. The molecule has 3 aromatic carbocycles. The molecule has 0 atom stereocenters. The van der Waals surface area contributed by atoms with Crippen LogP contribution in [-0.2, 0) is 35.5 Å². The molecule has 3 nitrogen and oxygen atoms in total. The molecule has 0 radical (unpaired) electrons. The highest BCUT2D eigenvalue weighted by Gasteiger charge is 2.24. The molecule has 0 amide bonds. The fourth-order valence-corrected chi connectivity index (χ4v) is 4.80. The van der Waals surface area contributed by atoms with Gasteiger partial charge >= 0.3 is 0 Å². The molecule has 0 unspecified atom stereocenters. The molecular weight excluding hydrogens is 480 g/mol. The van der Waals surface area contributed by atoms with Crippen LogP contribution in [0.3, 0.4) is 0 Å². The second-order valence-corrected chi connectivity index (χ2v) is 14.0. The predicted octanol–water partition coefficient (Wildman–Crippen LogP) is 9.41. The Labute approximate surface area is 238 Å². The van der Waals surface area contributed by atoms with Gasteiger partial charge in [0, 0.05) is 6.42 Å². The molecule has 0 aliphatic rings. The summed E-state index contributed by atoms with van der Waals surface area (Å²) in [5, 5.41) is 31.5. The van der Waals surface area contributed by atoms with Crippen LogP contribution in [0.4, 0.5) is 0 Å². The summed E-state index contributed by atoms with van der Waals surface area (Å²) < 4.78 is 0. The zero-order valence-electron chi connectivity index (χ0n) is 26.5. The van der Waals surface area contributed by atoms with Crippen LogP contribution < -0.4 is 0 Å². The lowest BCUT2D eigenvalue weighted by Crippen LogP contribution is -2.14. The van der Waals surface area contributed by atoms with Crippen molar-refractivity contribution < 1.29 is 15.3 Å². The van der Waals surface area contributed by atoms with Gasteiger partial charge in [0.15, 0.2) is 0 Å². The van der Waals surface area contributed by atoms with E-state index in [0.29, 0.717) is 23.7 Å². The van der Waals surface area contributed by atoms with E-state index in [2.05, 4.69) is 100 Å². The van der Waals surface area contributed by atoms with Crippen LogP contribution in [0.2, 0.25) is 0 Å². The van der Waals surface area contributed by atoms with Crippen molar-refractivity contribution in [3.63, 3.8) is 0 Å². The van der Waals surface area contributed by atoms with E-state index in [0.717, 1.165) is 40.7 Å². The van der Waals surface area contributed by atoms with Crippen LogP contribution in [0.1, 0.15) is 121 Å². The molecule has 3 heteroatoms. The first-order chi connectivity index (χ1) is 17.8. The van der Waals surface area contributed by atoms with E-state index in [-0.39, 0.29) is 16.2 Å². The zero-order chi connectivity index (χ0) is 29.9. The van der Waals surface area contributed by atoms with Crippen molar-refractivity contribution in [2.75, 3.05) is 0 Å². The molecule has 3 N–H and O–H groups in total. The number of phenolic OH excluding ortho intramolecular Hbond substituents is 3. The SMILES string of the molecule is CCc1cc(Cc2cc(CC)cc(C(C)(C)C)c2O)c(O)c(C(C)(C)C)c1.Cc1ccc(O)c(C(C)(C)C)c1. The number of rotatable bonds is 4. The first-order valence-corrected chi connectivity index (χ1v) is 14.3. The summed E-state index contributed by atoms with van der Waals surface area (Å²) in [4.78, 5) is 0. The van der Waals surface area contributed by atoms with Gasteiger partial charge in [-0.3, -0.25) is 0 Å². The fourth-order valence-electron chi connectivity index (χ4n) is 4.80. The molecule has 0 aromatic heterocycles. The van der Waals surface area contributed by atoms with Gasteiger partial charge in [0.2, 0.25) is 0 Å². The molecule has 3 aromatic rings. The van der Waals surface area contributed by atoms with Crippen LogP contribution >= 0.6 is 0 Å². The molecule has 0 bridgehead atoms. The molecule has 0 fully saturated rings. The molecule has 39 heavy (non-hydrogen) atoms. The van der Waals surface area contributed by atoms with Crippen molar-refractivity contribution >= 4 is 0 Å². The Balaban J connectivity index is 0.000000370. The van der Waals surface area contributed by atoms with E-state index < -0.39 is 0 Å². The van der Waals surface area contributed by atoms with E-state index >= 15 is 0 Å². The Morgan fingerprint density at radius 1 is 0.538 bits per heavy atom. The second-order valence-electron chi connectivity index (χ2n) is 14.0. The monoisotopic (exact) mass is 532 g/mol. The van der Waals surface area contributed by atoms with Gasteiger partial charge in [0.1, 0.15) is 17.2 Å². The van der Waals surface area contributed by atoms with E-state index in [1.165, 1.54) is 16.7 Å². The first-order valence-electron chi connectivity index (χ1n) is 14.3. The minimum Gasteiger partial charge on any atom is -0.508 e. The van der Waals surface area contributed by atoms with Crippen LogP contribution in [0.15, 0.2) is 42.5 Å². The van der Waals surface area contributed by atoms with E-state index in [1.54, 1.807) is 6.07 Å². The van der Waals surface area contributed by atoms with Crippen molar-refractivity contribution in [1.82, 2.24) is 0 Å². The first kappa shape index (κ1) is 32.3. The van der Waals surface area contributed by atoms with E-state index in [1.807, 2.05) is 19.1 Å². The molecule has 3 rings (SSSR count). The van der Waals surface area contributed by atoms with Crippen molar-refractivity contribution in [2.24, 2.45) is 0 Å². The van der Waals surface area contributed by atoms with Crippen molar-refractivity contribution in [1.29, 1.82) is 0 Å². The van der Waals surface area contributed by atoms with Gasteiger partial charge in [-0.25, -0.2) is 0 Å². The summed E-state index contributed by atoms with van der Waals surface area (Å²) in [6, 6.07) is 14.1. The lowest BCUT2D eigenvalue weighted by Gasteiger charge is -2.25. The number of hydrogen-bond acceptors (Lipinski definition) is 3. The van der Waals surface area contributed by atoms with Gasteiger partial charge < -0.3 is 15.3 Å². The summed E-state index contributed by atoms with van der Waals surface area (Å²) >= 11 is 0. The average molecular weight is 533 g/mol. The summed E-state index contributed by atoms with van der Waals surface area (Å²) in [5.41, 5.74) is 8.13. The lowest BCUT2D eigenvalue weighted by molar-refractivity contribution is 0.435. The number of benzene rings is 3. The summed E-state index contributed by atoms with van der Waals surface area (Å²) in [6.45, 7) is 25.3.